The van der Waals surface area contributed by atoms with Crippen LogP contribution in [0, 0.1) is 0 Å². The number of fused-ring (bicyclic) bond motifs is 3. The number of carbonyl (C=O) groups is 1. The highest BCUT2D eigenvalue weighted by molar-refractivity contribution is 6.10. The quantitative estimate of drug-likeness (QED) is 0.653. The van der Waals surface area contributed by atoms with Crippen molar-refractivity contribution in [1.82, 2.24) is 4.57 Å². The first kappa shape index (κ1) is 11.8. The Morgan fingerprint density at radius 1 is 1.11 bits per heavy atom. The van der Waals surface area contributed by atoms with Crippen molar-refractivity contribution < 1.29 is 9.53 Å². The van der Waals surface area contributed by atoms with Crippen molar-refractivity contribution in [2.45, 2.75) is 13.5 Å². The lowest BCUT2D eigenvalue weighted by atomic mass is 10.1. The molecule has 0 atom stereocenters. The number of hydrogen-bond acceptors (Lipinski definition) is 2. The fraction of sp³-hybridized carbons (Fsp3) is 0.188. The molecule has 2 aromatic carbocycles. The average Bonchev–Trinajstić information content (AvgIpc) is 2.79. The second-order valence-corrected chi connectivity index (χ2v) is 4.48. The van der Waals surface area contributed by atoms with E-state index >= 15 is 0 Å². The zero-order valence-electron chi connectivity index (χ0n) is 11.0. The largest absolute Gasteiger partial charge is 0.465 e. The number of hydrogen-bond donors (Lipinski definition) is 0. The maximum atomic E-state index is 11.6. The Labute approximate surface area is 111 Å². The number of para-hydroxylation sites is 1. The average molecular weight is 253 g/mol. The van der Waals surface area contributed by atoms with Crippen LogP contribution < -0.4 is 0 Å². The van der Waals surface area contributed by atoms with Crippen LogP contribution in [-0.4, -0.2) is 17.6 Å². The molecule has 0 fully saturated rings. The molecule has 0 aliphatic rings. The van der Waals surface area contributed by atoms with Gasteiger partial charge in [0.05, 0.1) is 12.7 Å². The molecule has 0 aliphatic carbocycles. The van der Waals surface area contributed by atoms with Crippen molar-refractivity contribution in [3.63, 3.8) is 0 Å². The third kappa shape index (κ3) is 1.70. The van der Waals surface area contributed by atoms with E-state index in [1.807, 2.05) is 30.3 Å². The van der Waals surface area contributed by atoms with Crippen LogP contribution in [0.2, 0.25) is 0 Å². The number of rotatable bonds is 2. The normalized spacial score (nSPS) is 11.1. The molecular formula is C16H15NO2. The van der Waals surface area contributed by atoms with Gasteiger partial charge in [0.2, 0.25) is 0 Å². The Morgan fingerprint density at radius 2 is 1.84 bits per heavy atom. The summed E-state index contributed by atoms with van der Waals surface area (Å²) in [5, 5.41) is 2.27. The second-order valence-electron chi connectivity index (χ2n) is 4.48. The minimum atomic E-state index is -0.296. The van der Waals surface area contributed by atoms with Gasteiger partial charge in [-0.25, -0.2) is 4.79 Å². The van der Waals surface area contributed by atoms with Crippen molar-refractivity contribution in [2.24, 2.45) is 0 Å². The molecule has 3 nitrogen and oxygen atoms in total. The molecule has 0 unspecified atom stereocenters. The lowest BCUT2D eigenvalue weighted by Crippen LogP contribution is -2.00. The van der Waals surface area contributed by atoms with E-state index in [2.05, 4.69) is 23.6 Å². The summed E-state index contributed by atoms with van der Waals surface area (Å²) in [5.41, 5.74) is 2.94. The van der Waals surface area contributed by atoms with Crippen LogP contribution in [0.4, 0.5) is 0 Å². The van der Waals surface area contributed by atoms with Gasteiger partial charge in [-0.1, -0.05) is 18.2 Å². The Balaban J connectivity index is 2.39. The lowest BCUT2D eigenvalue weighted by molar-refractivity contribution is 0.0601. The van der Waals surface area contributed by atoms with Gasteiger partial charge in [-0.15, -0.1) is 0 Å². The number of aromatic nitrogens is 1. The summed E-state index contributed by atoms with van der Waals surface area (Å²) in [7, 11) is 1.40. The predicted molar refractivity (Wildman–Crippen MR) is 76.5 cm³/mol. The highest BCUT2D eigenvalue weighted by Gasteiger charge is 2.12. The van der Waals surface area contributed by atoms with Gasteiger partial charge >= 0.3 is 5.97 Å². The number of benzene rings is 2. The minimum absolute atomic E-state index is 0.296. The van der Waals surface area contributed by atoms with Crippen LogP contribution in [0.3, 0.4) is 0 Å². The van der Waals surface area contributed by atoms with Crippen LogP contribution in [0.1, 0.15) is 17.3 Å². The molecule has 1 heterocycles. The fourth-order valence-corrected chi connectivity index (χ4v) is 2.64. The number of esters is 1. The predicted octanol–water partition coefficient (Wildman–Crippen LogP) is 3.60. The smallest absolute Gasteiger partial charge is 0.337 e. The van der Waals surface area contributed by atoms with Gasteiger partial charge in [0, 0.05) is 28.4 Å². The standard InChI is InChI=1S/C16H15NO2/c1-3-17-14-7-5-4-6-12(14)13-10-11(16(18)19-2)8-9-15(13)17/h4-10H,3H2,1-2H3. The maximum absolute atomic E-state index is 11.6. The molecule has 0 saturated heterocycles. The van der Waals surface area contributed by atoms with Crippen molar-refractivity contribution in [1.29, 1.82) is 0 Å². The summed E-state index contributed by atoms with van der Waals surface area (Å²) in [6.07, 6.45) is 0. The molecule has 0 radical (unpaired) electrons. The summed E-state index contributed by atoms with van der Waals surface area (Å²) < 4.78 is 7.04. The maximum Gasteiger partial charge on any atom is 0.337 e. The van der Waals surface area contributed by atoms with E-state index < -0.39 is 0 Å². The summed E-state index contributed by atoms with van der Waals surface area (Å²) in [6, 6.07) is 14.0. The van der Waals surface area contributed by atoms with Crippen molar-refractivity contribution in [3.8, 4) is 0 Å². The second kappa shape index (κ2) is 4.43. The van der Waals surface area contributed by atoms with E-state index in [9.17, 15) is 4.79 Å². The molecule has 3 heteroatoms. The van der Waals surface area contributed by atoms with Gasteiger partial charge in [-0.05, 0) is 31.2 Å². The number of nitrogens with zero attached hydrogens (tertiary/aromatic N) is 1. The molecule has 0 saturated carbocycles. The van der Waals surface area contributed by atoms with E-state index in [0.717, 1.165) is 17.4 Å². The van der Waals surface area contributed by atoms with Gasteiger partial charge in [0.25, 0.3) is 0 Å². The Hall–Kier alpha value is -2.29. The number of ether oxygens (including phenoxy) is 1. The molecule has 19 heavy (non-hydrogen) atoms. The van der Waals surface area contributed by atoms with Crippen LogP contribution in [-0.2, 0) is 11.3 Å². The van der Waals surface area contributed by atoms with Gasteiger partial charge in [0.15, 0.2) is 0 Å². The van der Waals surface area contributed by atoms with Crippen LogP contribution in [0.5, 0.6) is 0 Å². The minimum Gasteiger partial charge on any atom is -0.465 e. The number of aryl methyl sites for hydroxylation is 1. The summed E-state index contributed by atoms with van der Waals surface area (Å²) in [6.45, 7) is 3.03. The highest BCUT2D eigenvalue weighted by atomic mass is 16.5. The van der Waals surface area contributed by atoms with Gasteiger partial charge in [-0.3, -0.25) is 0 Å². The molecule has 0 aliphatic heterocycles. The Bertz CT molecular complexity index is 771. The molecule has 0 amide bonds. The number of methoxy groups -OCH3 is 1. The van der Waals surface area contributed by atoms with E-state index in [1.54, 1.807) is 0 Å². The van der Waals surface area contributed by atoms with Crippen molar-refractivity contribution in [3.05, 3.63) is 48.0 Å². The van der Waals surface area contributed by atoms with Gasteiger partial charge < -0.3 is 9.30 Å². The number of carbonyl (C=O) groups excluding carboxylic acids is 1. The Morgan fingerprint density at radius 3 is 2.58 bits per heavy atom. The molecule has 3 aromatic rings. The molecule has 0 N–H and O–H groups in total. The van der Waals surface area contributed by atoms with E-state index in [1.165, 1.54) is 18.0 Å². The summed E-state index contributed by atoms with van der Waals surface area (Å²) in [4.78, 5) is 11.6. The van der Waals surface area contributed by atoms with E-state index in [0.29, 0.717) is 5.56 Å². The zero-order chi connectivity index (χ0) is 13.4. The first-order valence-electron chi connectivity index (χ1n) is 6.35. The van der Waals surface area contributed by atoms with E-state index in [4.69, 9.17) is 4.74 Å². The molecule has 3 rings (SSSR count). The van der Waals surface area contributed by atoms with Crippen molar-refractivity contribution in [2.75, 3.05) is 7.11 Å². The van der Waals surface area contributed by atoms with Gasteiger partial charge in [0.1, 0.15) is 0 Å². The first-order valence-corrected chi connectivity index (χ1v) is 6.35. The zero-order valence-corrected chi connectivity index (χ0v) is 11.0. The monoisotopic (exact) mass is 253 g/mol. The van der Waals surface area contributed by atoms with Crippen LogP contribution >= 0.6 is 0 Å². The highest BCUT2D eigenvalue weighted by Crippen LogP contribution is 2.29. The summed E-state index contributed by atoms with van der Waals surface area (Å²) in [5.74, 6) is -0.296. The van der Waals surface area contributed by atoms with Crippen LogP contribution in [0.25, 0.3) is 21.8 Å². The SMILES string of the molecule is CCn1c2ccccc2c2cc(C(=O)OC)ccc21. The van der Waals surface area contributed by atoms with Crippen molar-refractivity contribution >= 4 is 27.8 Å². The first-order chi connectivity index (χ1) is 9.26. The van der Waals surface area contributed by atoms with E-state index in [-0.39, 0.29) is 5.97 Å². The molecule has 1 aromatic heterocycles. The summed E-state index contributed by atoms with van der Waals surface area (Å²) >= 11 is 0. The third-order valence-corrected chi connectivity index (χ3v) is 3.51. The third-order valence-electron chi connectivity index (χ3n) is 3.51. The fourth-order valence-electron chi connectivity index (χ4n) is 2.64. The molecular weight excluding hydrogens is 238 g/mol. The van der Waals surface area contributed by atoms with Gasteiger partial charge in [-0.2, -0.15) is 0 Å². The van der Waals surface area contributed by atoms with Crippen LogP contribution in [0.15, 0.2) is 42.5 Å². The topological polar surface area (TPSA) is 31.2 Å². The molecule has 96 valence electrons. The molecule has 0 spiro atoms. The lowest BCUT2D eigenvalue weighted by Gasteiger charge is -2.03. The molecule has 0 bridgehead atoms. The Kier molecular flexibility index (Phi) is 2.75.